The lowest BCUT2D eigenvalue weighted by atomic mass is 10.0. The van der Waals surface area contributed by atoms with Gasteiger partial charge in [0.15, 0.2) is 0 Å². The third-order valence-corrected chi connectivity index (χ3v) is 11.6. The van der Waals surface area contributed by atoms with Crippen LogP contribution < -0.4 is 4.90 Å². The van der Waals surface area contributed by atoms with E-state index in [-0.39, 0.29) is 0 Å². The molecule has 2 heterocycles. The molecule has 0 N–H and O–H groups in total. The third kappa shape index (κ3) is 5.22. The van der Waals surface area contributed by atoms with Crippen LogP contribution in [0.3, 0.4) is 0 Å². The summed E-state index contributed by atoms with van der Waals surface area (Å²) in [5.41, 5.74) is 11.5. The molecular formula is C48H31BrN2S. The molecule has 246 valence electrons. The molecule has 10 aromatic rings. The summed E-state index contributed by atoms with van der Waals surface area (Å²) in [6.07, 6.45) is 0. The van der Waals surface area contributed by atoms with Crippen molar-refractivity contribution in [2.24, 2.45) is 0 Å². The summed E-state index contributed by atoms with van der Waals surface area (Å²) in [5.74, 6) is 0. The van der Waals surface area contributed by atoms with Gasteiger partial charge in [-0.1, -0.05) is 125 Å². The van der Waals surface area contributed by atoms with Gasteiger partial charge in [0.05, 0.1) is 11.0 Å². The number of benzene rings is 8. The van der Waals surface area contributed by atoms with Crippen molar-refractivity contribution < 1.29 is 0 Å². The Morgan fingerprint density at radius 2 is 1.02 bits per heavy atom. The van der Waals surface area contributed by atoms with Gasteiger partial charge in [-0.3, -0.25) is 0 Å². The molecule has 0 aliphatic rings. The largest absolute Gasteiger partial charge is 0.310 e. The molecule has 0 bridgehead atoms. The van der Waals surface area contributed by atoms with E-state index in [0.717, 1.165) is 32.8 Å². The second-order valence-electron chi connectivity index (χ2n) is 13.1. The molecule has 0 aliphatic carbocycles. The summed E-state index contributed by atoms with van der Waals surface area (Å²) in [4.78, 5) is 2.40. The lowest BCUT2D eigenvalue weighted by Crippen LogP contribution is -2.10. The molecule has 0 amide bonds. The highest BCUT2D eigenvalue weighted by Crippen LogP contribution is 2.46. The van der Waals surface area contributed by atoms with Crippen LogP contribution in [0.4, 0.5) is 17.1 Å². The standard InChI is InChI=1S/C48H31BrN2S/c49-36-17-9-14-33(28-36)35-16-11-21-39(30-35)50(38-20-10-15-34(29-38)32-12-3-1-4-13-32)40-24-25-41-44(31-40)51(37-18-5-2-6-19-37)43-26-27-46-48(47(41)43)42-22-7-8-23-45(42)52-46/h1-31H. The predicted molar refractivity (Wildman–Crippen MR) is 227 cm³/mol. The highest BCUT2D eigenvalue weighted by Gasteiger charge is 2.21. The number of hydrogen-bond donors (Lipinski definition) is 0. The molecule has 0 aliphatic heterocycles. The summed E-state index contributed by atoms with van der Waals surface area (Å²) >= 11 is 5.56. The maximum absolute atomic E-state index is 3.69. The lowest BCUT2D eigenvalue weighted by Gasteiger charge is -2.27. The number of hydrogen-bond acceptors (Lipinski definition) is 2. The van der Waals surface area contributed by atoms with Crippen LogP contribution in [-0.2, 0) is 0 Å². The summed E-state index contributed by atoms with van der Waals surface area (Å²) in [6.45, 7) is 0. The monoisotopic (exact) mass is 746 g/mol. The molecule has 0 saturated heterocycles. The van der Waals surface area contributed by atoms with Crippen molar-refractivity contribution in [2.75, 3.05) is 4.90 Å². The SMILES string of the molecule is Brc1cccc(-c2cccc(N(c3cccc(-c4ccccc4)c3)c3ccc4c5c6c(ccc5n(-c5ccccc5)c4c3)sc3ccccc36)c2)c1. The van der Waals surface area contributed by atoms with Crippen LogP contribution in [0.1, 0.15) is 0 Å². The molecule has 0 atom stereocenters. The summed E-state index contributed by atoms with van der Waals surface area (Å²) in [6, 6.07) is 68.1. The third-order valence-electron chi connectivity index (χ3n) is 10.0. The minimum atomic E-state index is 1.06. The van der Waals surface area contributed by atoms with Gasteiger partial charge in [-0.15, -0.1) is 11.3 Å². The molecule has 0 spiro atoms. The average Bonchev–Trinajstić information content (AvgIpc) is 3.74. The molecule has 2 nitrogen and oxygen atoms in total. The van der Waals surface area contributed by atoms with Gasteiger partial charge in [-0.2, -0.15) is 0 Å². The number of fused-ring (bicyclic) bond motifs is 7. The van der Waals surface area contributed by atoms with Crippen molar-refractivity contribution in [1.82, 2.24) is 4.57 Å². The van der Waals surface area contributed by atoms with Gasteiger partial charge in [-0.05, 0) is 101 Å². The molecule has 0 saturated carbocycles. The summed E-state index contributed by atoms with van der Waals surface area (Å²) in [7, 11) is 0. The first-order valence-corrected chi connectivity index (χ1v) is 19.1. The zero-order valence-corrected chi connectivity index (χ0v) is 30.5. The number of aromatic nitrogens is 1. The van der Waals surface area contributed by atoms with Gasteiger partial charge >= 0.3 is 0 Å². The highest BCUT2D eigenvalue weighted by molar-refractivity contribution is 9.10. The fraction of sp³-hybridized carbons (Fsp3) is 0. The van der Waals surface area contributed by atoms with Crippen LogP contribution in [0, 0.1) is 0 Å². The van der Waals surface area contributed by atoms with Gasteiger partial charge in [-0.25, -0.2) is 0 Å². The van der Waals surface area contributed by atoms with Crippen LogP contribution in [0.2, 0.25) is 0 Å². The van der Waals surface area contributed by atoms with Crippen molar-refractivity contribution in [1.29, 1.82) is 0 Å². The first kappa shape index (κ1) is 30.8. The number of nitrogens with zero attached hydrogens (tertiary/aromatic N) is 2. The van der Waals surface area contributed by atoms with Crippen LogP contribution in [-0.4, -0.2) is 4.57 Å². The Kier molecular flexibility index (Phi) is 7.52. The number of para-hydroxylation sites is 1. The number of anilines is 3. The van der Waals surface area contributed by atoms with Gasteiger partial charge in [0.1, 0.15) is 0 Å². The molecule has 0 fully saturated rings. The van der Waals surface area contributed by atoms with Gasteiger partial charge in [0.2, 0.25) is 0 Å². The van der Waals surface area contributed by atoms with E-state index in [1.54, 1.807) is 0 Å². The summed E-state index contributed by atoms with van der Waals surface area (Å²) < 4.78 is 6.14. The van der Waals surface area contributed by atoms with Gasteiger partial charge in [0, 0.05) is 58.2 Å². The highest BCUT2D eigenvalue weighted by atomic mass is 79.9. The zero-order chi connectivity index (χ0) is 34.6. The smallest absolute Gasteiger partial charge is 0.0562 e. The maximum Gasteiger partial charge on any atom is 0.0562 e. The summed E-state index contributed by atoms with van der Waals surface area (Å²) in [5, 5.41) is 5.19. The number of thiophene rings is 1. The minimum Gasteiger partial charge on any atom is -0.310 e. The number of halogens is 1. The average molecular weight is 748 g/mol. The second kappa shape index (κ2) is 12.7. The molecule has 8 aromatic carbocycles. The van der Waals surface area contributed by atoms with E-state index in [0.29, 0.717) is 0 Å². The number of rotatable bonds is 6. The fourth-order valence-corrected chi connectivity index (χ4v) is 9.21. The molecule has 4 heteroatoms. The Bertz CT molecular complexity index is 2920. The van der Waals surface area contributed by atoms with Crippen LogP contribution in [0.25, 0.3) is 69.9 Å². The van der Waals surface area contributed by atoms with Crippen molar-refractivity contribution in [3.05, 3.63) is 193 Å². The Labute approximate surface area is 314 Å². The van der Waals surface area contributed by atoms with Crippen molar-refractivity contribution >= 4 is 86.3 Å². The first-order valence-electron chi connectivity index (χ1n) is 17.5. The van der Waals surface area contributed by atoms with E-state index in [4.69, 9.17) is 0 Å². The fourth-order valence-electron chi connectivity index (χ4n) is 7.70. The van der Waals surface area contributed by atoms with E-state index in [1.165, 1.54) is 58.7 Å². The molecule has 0 unspecified atom stereocenters. The van der Waals surface area contributed by atoms with E-state index < -0.39 is 0 Å². The van der Waals surface area contributed by atoms with Gasteiger partial charge in [0.25, 0.3) is 0 Å². The lowest BCUT2D eigenvalue weighted by molar-refractivity contribution is 1.18. The van der Waals surface area contributed by atoms with Crippen molar-refractivity contribution in [3.8, 4) is 27.9 Å². The van der Waals surface area contributed by atoms with E-state index in [9.17, 15) is 0 Å². The van der Waals surface area contributed by atoms with Crippen molar-refractivity contribution in [2.45, 2.75) is 0 Å². The molecule has 2 aromatic heterocycles. The molecule has 0 radical (unpaired) electrons. The normalized spacial score (nSPS) is 11.6. The zero-order valence-electron chi connectivity index (χ0n) is 28.1. The molecular weight excluding hydrogens is 717 g/mol. The maximum atomic E-state index is 3.69. The van der Waals surface area contributed by atoms with Crippen molar-refractivity contribution in [3.63, 3.8) is 0 Å². The van der Waals surface area contributed by atoms with Crippen LogP contribution >= 0.6 is 27.3 Å². The predicted octanol–water partition coefficient (Wildman–Crippen LogP) is 14.7. The Hall–Kier alpha value is -5.94. The topological polar surface area (TPSA) is 8.17 Å². The second-order valence-corrected chi connectivity index (χ2v) is 15.1. The molecule has 10 rings (SSSR count). The first-order chi connectivity index (χ1) is 25.7. The Morgan fingerprint density at radius 1 is 0.404 bits per heavy atom. The quantitative estimate of drug-likeness (QED) is 0.164. The van der Waals surface area contributed by atoms with Gasteiger partial charge < -0.3 is 9.47 Å². The Balaban J connectivity index is 1.25. The Morgan fingerprint density at radius 3 is 1.77 bits per heavy atom. The minimum absolute atomic E-state index is 1.06. The van der Waals surface area contributed by atoms with E-state index >= 15 is 0 Å². The molecule has 52 heavy (non-hydrogen) atoms. The van der Waals surface area contributed by atoms with E-state index in [2.05, 4.69) is 213 Å². The van der Waals surface area contributed by atoms with E-state index in [1.807, 2.05) is 11.3 Å². The van der Waals surface area contributed by atoms with Crippen LogP contribution in [0.15, 0.2) is 193 Å². The van der Waals surface area contributed by atoms with Crippen LogP contribution in [0.5, 0.6) is 0 Å².